The molecule has 0 bridgehead atoms. The van der Waals surface area contributed by atoms with Crippen molar-refractivity contribution in [1.82, 2.24) is 5.32 Å². The summed E-state index contributed by atoms with van der Waals surface area (Å²) < 4.78 is 0. The Morgan fingerprint density at radius 3 is 2.53 bits per heavy atom. The van der Waals surface area contributed by atoms with Crippen LogP contribution in [-0.2, 0) is 12.8 Å². The molecule has 106 valence electrons. The smallest absolute Gasteiger partial charge is 0.251 e. The maximum Gasteiger partial charge on any atom is 0.251 e. The lowest BCUT2D eigenvalue weighted by Crippen LogP contribution is -2.45. The number of benzene rings is 1. The molecule has 0 aliphatic heterocycles. The SMILES string of the molecule is CC(C)(N)CNC(=O)c1ccc2c(c1)CCCC2.Cl. The highest BCUT2D eigenvalue weighted by Gasteiger charge is 2.15. The third kappa shape index (κ3) is 4.51. The molecule has 1 aliphatic carbocycles. The van der Waals surface area contributed by atoms with Crippen LogP contribution < -0.4 is 11.1 Å². The Morgan fingerprint density at radius 1 is 1.26 bits per heavy atom. The number of amides is 1. The molecule has 0 saturated carbocycles. The van der Waals surface area contributed by atoms with Gasteiger partial charge in [-0.25, -0.2) is 0 Å². The van der Waals surface area contributed by atoms with Crippen molar-refractivity contribution in [3.8, 4) is 0 Å². The summed E-state index contributed by atoms with van der Waals surface area (Å²) in [4.78, 5) is 12.0. The van der Waals surface area contributed by atoms with Crippen molar-refractivity contribution in [3.05, 3.63) is 34.9 Å². The Kier molecular flexibility index (Phi) is 5.39. The fourth-order valence-corrected chi connectivity index (χ4v) is 2.28. The van der Waals surface area contributed by atoms with E-state index in [1.165, 1.54) is 24.0 Å². The summed E-state index contributed by atoms with van der Waals surface area (Å²) in [7, 11) is 0. The molecule has 0 spiro atoms. The topological polar surface area (TPSA) is 55.1 Å². The summed E-state index contributed by atoms with van der Waals surface area (Å²) in [5, 5.41) is 2.88. The minimum Gasteiger partial charge on any atom is -0.350 e. The zero-order chi connectivity index (χ0) is 13.2. The lowest BCUT2D eigenvalue weighted by atomic mass is 9.90. The Bertz CT molecular complexity index is 452. The molecule has 0 radical (unpaired) electrons. The fourth-order valence-electron chi connectivity index (χ4n) is 2.28. The number of aryl methyl sites for hydroxylation is 2. The van der Waals surface area contributed by atoms with Gasteiger partial charge >= 0.3 is 0 Å². The summed E-state index contributed by atoms with van der Waals surface area (Å²) in [5.74, 6) is -0.0260. The lowest BCUT2D eigenvalue weighted by molar-refractivity contribution is 0.0946. The second kappa shape index (κ2) is 6.40. The highest BCUT2D eigenvalue weighted by atomic mass is 35.5. The van der Waals surface area contributed by atoms with E-state index in [2.05, 4.69) is 11.4 Å². The van der Waals surface area contributed by atoms with Crippen molar-refractivity contribution in [1.29, 1.82) is 0 Å². The van der Waals surface area contributed by atoms with Crippen LogP contribution >= 0.6 is 12.4 Å². The molecule has 2 rings (SSSR count). The van der Waals surface area contributed by atoms with Crippen molar-refractivity contribution in [3.63, 3.8) is 0 Å². The molecule has 1 aromatic rings. The summed E-state index contributed by atoms with van der Waals surface area (Å²) in [6.07, 6.45) is 4.74. The van der Waals surface area contributed by atoms with Crippen LogP contribution in [0, 0.1) is 0 Å². The van der Waals surface area contributed by atoms with Crippen LogP contribution in [0.2, 0.25) is 0 Å². The van der Waals surface area contributed by atoms with Gasteiger partial charge in [-0.15, -0.1) is 12.4 Å². The van der Waals surface area contributed by atoms with E-state index in [4.69, 9.17) is 5.73 Å². The van der Waals surface area contributed by atoms with E-state index >= 15 is 0 Å². The van der Waals surface area contributed by atoms with Crippen molar-refractivity contribution >= 4 is 18.3 Å². The first kappa shape index (κ1) is 16.0. The minimum absolute atomic E-state index is 0. The van der Waals surface area contributed by atoms with Crippen LogP contribution in [0.3, 0.4) is 0 Å². The highest BCUT2D eigenvalue weighted by molar-refractivity contribution is 5.94. The number of nitrogens with two attached hydrogens (primary N) is 1. The number of nitrogens with one attached hydrogen (secondary N) is 1. The summed E-state index contributed by atoms with van der Waals surface area (Å²) in [6, 6.07) is 6.05. The molecule has 1 aromatic carbocycles. The number of carbonyl (C=O) groups is 1. The second-order valence-electron chi connectivity index (χ2n) is 5.86. The van der Waals surface area contributed by atoms with Gasteiger partial charge in [0.25, 0.3) is 5.91 Å². The number of fused-ring (bicyclic) bond motifs is 1. The molecule has 3 nitrogen and oxygen atoms in total. The Morgan fingerprint density at radius 2 is 1.89 bits per heavy atom. The van der Waals surface area contributed by atoms with Crippen LogP contribution in [0.1, 0.15) is 48.2 Å². The van der Waals surface area contributed by atoms with Crippen LogP contribution in [0.5, 0.6) is 0 Å². The van der Waals surface area contributed by atoms with Crippen LogP contribution in [0.25, 0.3) is 0 Å². The first-order valence-electron chi connectivity index (χ1n) is 6.65. The van der Waals surface area contributed by atoms with Gasteiger partial charge in [0.2, 0.25) is 0 Å². The third-order valence-corrected chi connectivity index (χ3v) is 3.32. The molecular weight excluding hydrogens is 260 g/mol. The third-order valence-electron chi connectivity index (χ3n) is 3.32. The Hall–Kier alpha value is -1.06. The van der Waals surface area contributed by atoms with Crippen molar-refractivity contribution in [2.45, 2.75) is 45.1 Å². The summed E-state index contributed by atoms with van der Waals surface area (Å²) >= 11 is 0. The zero-order valence-electron chi connectivity index (χ0n) is 11.7. The quantitative estimate of drug-likeness (QED) is 0.895. The van der Waals surface area contributed by atoms with E-state index in [1.54, 1.807) is 0 Å². The molecule has 1 aliphatic rings. The van der Waals surface area contributed by atoms with Crippen molar-refractivity contribution in [2.24, 2.45) is 5.73 Å². The van der Waals surface area contributed by atoms with Gasteiger partial charge < -0.3 is 11.1 Å². The van der Waals surface area contributed by atoms with E-state index < -0.39 is 0 Å². The maximum absolute atomic E-state index is 12.0. The maximum atomic E-state index is 12.0. The van der Waals surface area contributed by atoms with E-state index in [9.17, 15) is 4.79 Å². The Labute approximate surface area is 121 Å². The number of hydrogen-bond acceptors (Lipinski definition) is 2. The average Bonchev–Trinajstić information content (AvgIpc) is 2.34. The number of halogens is 1. The molecule has 0 aromatic heterocycles. The van der Waals surface area contributed by atoms with Gasteiger partial charge in [-0.05, 0) is 62.8 Å². The predicted octanol–water partition coefficient (Wildman–Crippen LogP) is 2.45. The molecule has 0 atom stereocenters. The van der Waals surface area contributed by atoms with Gasteiger partial charge in [0, 0.05) is 17.6 Å². The first-order chi connectivity index (χ1) is 8.46. The van der Waals surface area contributed by atoms with Crippen molar-refractivity contribution < 1.29 is 4.79 Å². The molecule has 3 N–H and O–H groups in total. The molecular formula is C15H23ClN2O. The van der Waals surface area contributed by atoms with E-state index in [1.807, 2.05) is 26.0 Å². The monoisotopic (exact) mass is 282 g/mol. The van der Waals surface area contributed by atoms with Crippen LogP contribution in [-0.4, -0.2) is 18.0 Å². The molecule has 0 heterocycles. The van der Waals surface area contributed by atoms with Gasteiger partial charge in [0.05, 0.1) is 0 Å². The molecule has 19 heavy (non-hydrogen) atoms. The van der Waals surface area contributed by atoms with Crippen molar-refractivity contribution in [2.75, 3.05) is 6.54 Å². The highest BCUT2D eigenvalue weighted by Crippen LogP contribution is 2.22. The van der Waals surface area contributed by atoms with Gasteiger partial charge in [-0.3, -0.25) is 4.79 Å². The standard InChI is InChI=1S/C15H22N2O.ClH/c1-15(2,16)10-17-14(18)13-8-7-11-5-3-4-6-12(11)9-13;/h7-9H,3-6,10,16H2,1-2H3,(H,17,18);1H. The molecule has 1 amide bonds. The van der Waals surface area contributed by atoms with Gasteiger partial charge in [0.15, 0.2) is 0 Å². The van der Waals surface area contributed by atoms with E-state index in [0.29, 0.717) is 6.54 Å². The summed E-state index contributed by atoms with van der Waals surface area (Å²) in [5.41, 5.74) is 8.97. The largest absolute Gasteiger partial charge is 0.350 e. The van der Waals surface area contributed by atoms with E-state index in [0.717, 1.165) is 18.4 Å². The van der Waals surface area contributed by atoms with Gasteiger partial charge in [-0.2, -0.15) is 0 Å². The summed E-state index contributed by atoms with van der Waals surface area (Å²) in [6.45, 7) is 4.29. The van der Waals surface area contributed by atoms with E-state index in [-0.39, 0.29) is 23.9 Å². The van der Waals surface area contributed by atoms with Crippen LogP contribution in [0.15, 0.2) is 18.2 Å². The average molecular weight is 283 g/mol. The van der Waals surface area contributed by atoms with Gasteiger partial charge in [-0.1, -0.05) is 6.07 Å². The van der Waals surface area contributed by atoms with Crippen LogP contribution in [0.4, 0.5) is 0 Å². The fraction of sp³-hybridized carbons (Fsp3) is 0.533. The second-order valence-corrected chi connectivity index (χ2v) is 5.86. The lowest BCUT2D eigenvalue weighted by Gasteiger charge is -2.20. The predicted molar refractivity (Wildman–Crippen MR) is 80.9 cm³/mol. The molecule has 0 fully saturated rings. The molecule has 0 unspecified atom stereocenters. The van der Waals surface area contributed by atoms with Gasteiger partial charge in [0.1, 0.15) is 0 Å². The first-order valence-corrected chi connectivity index (χ1v) is 6.65. The number of rotatable bonds is 3. The minimum atomic E-state index is -0.371. The Balaban J connectivity index is 0.00000180. The zero-order valence-corrected chi connectivity index (χ0v) is 12.5. The molecule has 4 heteroatoms. The number of carbonyl (C=O) groups excluding carboxylic acids is 1. The molecule has 0 saturated heterocycles. The number of hydrogen-bond donors (Lipinski definition) is 2. The normalized spacial score (nSPS) is 14.3.